The molecule has 1 heterocycles. The molecule has 114 valence electrons. The van der Waals surface area contributed by atoms with Crippen LogP contribution in [0.3, 0.4) is 0 Å². The number of hydrogen-bond acceptors (Lipinski definition) is 1. The third-order valence-corrected chi connectivity index (χ3v) is 4.45. The van der Waals surface area contributed by atoms with Gasteiger partial charge in [-0.05, 0) is 24.3 Å². The van der Waals surface area contributed by atoms with Crippen molar-refractivity contribution in [3.8, 4) is 17.2 Å². The number of fused-ring (bicyclic) bond motifs is 1. The number of rotatable bonds is 2. The second kappa shape index (κ2) is 5.90. The lowest BCUT2D eigenvalue weighted by atomic mass is 10.1. The Labute approximate surface area is 137 Å². The van der Waals surface area contributed by atoms with E-state index >= 15 is 0 Å². The average Bonchev–Trinajstić information content (AvgIpc) is 2.91. The van der Waals surface area contributed by atoms with Crippen LogP contribution in [-0.2, 0) is 0 Å². The highest BCUT2D eigenvalue weighted by Gasteiger charge is 2.11. The van der Waals surface area contributed by atoms with Gasteiger partial charge in [-0.2, -0.15) is 0 Å². The van der Waals surface area contributed by atoms with Crippen LogP contribution in [-0.4, -0.2) is 18.9 Å². The lowest BCUT2D eigenvalue weighted by Crippen LogP contribution is -2.16. The van der Waals surface area contributed by atoms with E-state index in [1.54, 1.807) is 0 Å². The molecule has 0 unspecified atom stereocenters. The summed E-state index contributed by atoms with van der Waals surface area (Å²) in [7, 11) is -1.41. The minimum atomic E-state index is -1.41. The number of hydrogen-bond donors (Lipinski definition) is 0. The van der Waals surface area contributed by atoms with E-state index in [0.29, 0.717) is 5.56 Å². The molecule has 0 radical (unpaired) electrons. The molecule has 3 rings (SSSR count). The summed E-state index contributed by atoms with van der Waals surface area (Å²) in [6.45, 7) is 6.70. The molecule has 0 fully saturated rings. The fourth-order valence-electron chi connectivity index (χ4n) is 2.49. The van der Waals surface area contributed by atoms with E-state index in [-0.39, 0.29) is 0 Å². The molecule has 0 saturated carbocycles. The average molecular weight is 317 g/mol. The van der Waals surface area contributed by atoms with Crippen LogP contribution in [0.25, 0.3) is 16.6 Å². The molecule has 0 aliphatic carbocycles. The number of aldehydes is 1. The van der Waals surface area contributed by atoms with Crippen LogP contribution in [0, 0.1) is 11.5 Å². The molecular weight excluding hydrogens is 298 g/mol. The molecule has 0 aliphatic rings. The fourth-order valence-corrected chi connectivity index (χ4v) is 3.01. The van der Waals surface area contributed by atoms with Gasteiger partial charge in [0.2, 0.25) is 0 Å². The van der Waals surface area contributed by atoms with Gasteiger partial charge in [-0.15, -0.1) is 5.54 Å². The van der Waals surface area contributed by atoms with Crippen molar-refractivity contribution in [1.29, 1.82) is 0 Å². The first kappa shape index (κ1) is 15.3. The zero-order valence-corrected chi connectivity index (χ0v) is 14.6. The number of carbonyl (C=O) groups excluding carboxylic acids is 1. The SMILES string of the molecule is C[Si](C)(C)C#Cc1ccc2c(C=O)cn(-c3ccccc3)c2c1. The van der Waals surface area contributed by atoms with Crippen LogP contribution in [0.5, 0.6) is 0 Å². The largest absolute Gasteiger partial charge is 0.316 e. The van der Waals surface area contributed by atoms with Crippen molar-refractivity contribution in [3.05, 3.63) is 65.9 Å². The lowest BCUT2D eigenvalue weighted by Gasteiger charge is -2.06. The third-order valence-electron chi connectivity index (χ3n) is 3.58. The molecule has 0 spiro atoms. The van der Waals surface area contributed by atoms with Gasteiger partial charge in [0.05, 0.1) is 5.52 Å². The number of nitrogens with zero attached hydrogens (tertiary/aromatic N) is 1. The Morgan fingerprint density at radius 1 is 1.04 bits per heavy atom. The van der Waals surface area contributed by atoms with Crippen molar-refractivity contribution in [1.82, 2.24) is 4.57 Å². The Morgan fingerprint density at radius 3 is 2.43 bits per heavy atom. The Kier molecular flexibility index (Phi) is 3.93. The first-order valence-corrected chi connectivity index (χ1v) is 11.2. The molecule has 0 amide bonds. The lowest BCUT2D eigenvalue weighted by molar-refractivity contribution is 0.112. The number of benzene rings is 2. The van der Waals surface area contributed by atoms with Gasteiger partial charge in [0.25, 0.3) is 0 Å². The first-order chi connectivity index (χ1) is 11.0. The molecule has 3 aromatic rings. The minimum Gasteiger partial charge on any atom is -0.316 e. The summed E-state index contributed by atoms with van der Waals surface area (Å²) in [6.07, 6.45) is 2.80. The van der Waals surface area contributed by atoms with Gasteiger partial charge < -0.3 is 4.57 Å². The molecule has 0 atom stereocenters. The van der Waals surface area contributed by atoms with Gasteiger partial charge in [-0.1, -0.05) is 49.8 Å². The van der Waals surface area contributed by atoms with Gasteiger partial charge in [-0.3, -0.25) is 4.79 Å². The predicted octanol–water partition coefficient (Wildman–Crippen LogP) is 4.67. The monoisotopic (exact) mass is 317 g/mol. The Hall–Kier alpha value is -2.57. The summed E-state index contributed by atoms with van der Waals surface area (Å²) in [5.74, 6) is 3.29. The van der Waals surface area contributed by atoms with Gasteiger partial charge in [0.1, 0.15) is 8.07 Å². The predicted molar refractivity (Wildman–Crippen MR) is 98.9 cm³/mol. The van der Waals surface area contributed by atoms with Crippen molar-refractivity contribution >= 4 is 25.3 Å². The van der Waals surface area contributed by atoms with Crippen molar-refractivity contribution in [3.63, 3.8) is 0 Å². The quantitative estimate of drug-likeness (QED) is 0.382. The van der Waals surface area contributed by atoms with Crippen LogP contribution >= 0.6 is 0 Å². The topological polar surface area (TPSA) is 22.0 Å². The van der Waals surface area contributed by atoms with Gasteiger partial charge in [0, 0.05) is 28.4 Å². The van der Waals surface area contributed by atoms with E-state index < -0.39 is 8.07 Å². The van der Waals surface area contributed by atoms with Crippen molar-refractivity contribution in [2.24, 2.45) is 0 Å². The fraction of sp³-hybridized carbons (Fsp3) is 0.150. The maximum atomic E-state index is 11.4. The van der Waals surface area contributed by atoms with Crippen molar-refractivity contribution < 1.29 is 4.79 Å². The summed E-state index contributed by atoms with van der Waals surface area (Å²) >= 11 is 0. The summed E-state index contributed by atoms with van der Waals surface area (Å²) < 4.78 is 2.05. The summed E-state index contributed by atoms with van der Waals surface area (Å²) in [5.41, 5.74) is 7.15. The van der Waals surface area contributed by atoms with E-state index in [2.05, 4.69) is 41.7 Å². The van der Waals surface area contributed by atoms with Crippen LogP contribution in [0.2, 0.25) is 19.6 Å². The standard InChI is InChI=1S/C20H19NOSi/c1-23(2,3)12-11-16-9-10-19-17(15-22)14-21(20(19)13-16)18-7-5-4-6-8-18/h4-10,13-15H,1-3H3. The van der Waals surface area contributed by atoms with E-state index in [1.807, 2.05) is 48.7 Å². The van der Waals surface area contributed by atoms with Crippen LogP contribution in [0.1, 0.15) is 15.9 Å². The maximum Gasteiger partial charge on any atom is 0.152 e. The highest BCUT2D eigenvalue weighted by molar-refractivity contribution is 6.83. The molecule has 2 nitrogen and oxygen atoms in total. The van der Waals surface area contributed by atoms with Crippen LogP contribution in [0.4, 0.5) is 0 Å². The smallest absolute Gasteiger partial charge is 0.152 e. The highest BCUT2D eigenvalue weighted by Crippen LogP contribution is 2.25. The van der Waals surface area contributed by atoms with E-state index in [1.165, 1.54) is 0 Å². The molecule has 23 heavy (non-hydrogen) atoms. The minimum absolute atomic E-state index is 0.702. The summed E-state index contributed by atoms with van der Waals surface area (Å²) in [6, 6.07) is 16.1. The molecular formula is C20H19NOSi. The molecule has 0 bridgehead atoms. The van der Waals surface area contributed by atoms with E-state index in [0.717, 1.165) is 28.4 Å². The van der Waals surface area contributed by atoms with Gasteiger partial charge >= 0.3 is 0 Å². The molecule has 3 heteroatoms. The summed E-state index contributed by atoms with van der Waals surface area (Å²) in [4.78, 5) is 11.4. The molecule has 0 aliphatic heterocycles. The third kappa shape index (κ3) is 3.28. The molecule has 1 aromatic heterocycles. The highest BCUT2D eigenvalue weighted by atomic mass is 28.3. The van der Waals surface area contributed by atoms with Crippen molar-refractivity contribution in [2.75, 3.05) is 0 Å². The van der Waals surface area contributed by atoms with Crippen molar-refractivity contribution in [2.45, 2.75) is 19.6 Å². The Bertz CT molecular complexity index is 921. The van der Waals surface area contributed by atoms with E-state index in [4.69, 9.17) is 0 Å². The Morgan fingerprint density at radius 2 is 1.78 bits per heavy atom. The number of carbonyl (C=O) groups is 1. The number of para-hydroxylation sites is 1. The second-order valence-electron chi connectivity index (χ2n) is 6.64. The van der Waals surface area contributed by atoms with Gasteiger partial charge in [0.15, 0.2) is 6.29 Å². The normalized spacial score (nSPS) is 11.1. The van der Waals surface area contributed by atoms with Crippen LogP contribution in [0.15, 0.2) is 54.7 Å². The zero-order valence-electron chi connectivity index (χ0n) is 13.6. The number of aromatic nitrogens is 1. The summed E-state index contributed by atoms with van der Waals surface area (Å²) in [5, 5.41) is 0.961. The van der Waals surface area contributed by atoms with Crippen LogP contribution < -0.4 is 0 Å². The zero-order chi connectivity index (χ0) is 16.4. The Balaban J connectivity index is 2.20. The molecule has 0 N–H and O–H groups in total. The second-order valence-corrected chi connectivity index (χ2v) is 11.4. The maximum absolute atomic E-state index is 11.4. The molecule has 2 aromatic carbocycles. The molecule has 0 saturated heterocycles. The van der Waals surface area contributed by atoms with E-state index in [9.17, 15) is 4.79 Å². The first-order valence-electron chi connectivity index (χ1n) is 7.67. The van der Waals surface area contributed by atoms with Gasteiger partial charge in [-0.25, -0.2) is 0 Å².